The number of carbonyl (C=O) groups excluding carboxylic acids is 1. The highest BCUT2D eigenvalue weighted by Gasteiger charge is 2.15. The molecule has 0 heterocycles. The fourth-order valence-electron chi connectivity index (χ4n) is 2.49. The molecule has 0 fully saturated rings. The van der Waals surface area contributed by atoms with Crippen molar-refractivity contribution >= 4 is 16.7 Å². The predicted octanol–water partition coefficient (Wildman–Crippen LogP) is 4.31. The molecule has 4 nitrogen and oxygen atoms in total. The van der Waals surface area contributed by atoms with E-state index in [1.807, 2.05) is 42.5 Å². The van der Waals surface area contributed by atoms with E-state index < -0.39 is 17.5 Å². The zero-order valence-corrected chi connectivity index (χ0v) is 13.4. The van der Waals surface area contributed by atoms with Crippen molar-refractivity contribution in [1.82, 2.24) is 0 Å². The molecule has 0 radical (unpaired) electrons. The van der Waals surface area contributed by atoms with Gasteiger partial charge in [0.2, 0.25) is 0 Å². The van der Waals surface area contributed by atoms with Gasteiger partial charge in [-0.2, -0.15) is 0 Å². The first-order valence-corrected chi connectivity index (χ1v) is 7.92. The van der Waals surface area contributed by atoms with E-state index >= 15 is 0 Å². The van der Waals surface area contributed by atoms with Gasteiger partial charge in [-0.25, -0.2) is 9.18 Å². The average molecular weight is 340 g/mol. The molecule has 128 valence electrons. The second-order valence-electron chi connectivity index (χ2n) is 5.45. The number of rotatable bonds is 6. The van der Waals surface area contributed by atoms with Gasteiger partial charge in [0.25, 0.3) is 0 Å². The first kappa shape index (κ1) is 16.8. The minimum atomic E-state index is -0.853. The smallest absolute Gasteiger partial charge is 0.342 e. The predicted molar refractivity (Wildman–Crippen MR) is 92.4 cm³/mol. The number of fused-ring (bicyclic) bond motifs is 1. The van der Waals surface area contributed by atoms with E-state index in [9.17, 15) is 14.3 Å². The molecule has 3 aromatic carbocycles. The van der Waals surface area contributed by atoms with E-state index in [1.165, 1.54) is 12.1 Å². The Hall–Kier alpha value is -3.08. The Morgan fingerprint density at radius 2 is 1.72 bits per heavy atom. The van der Waals surface area contributed by atoms with Gasteiger partial charge in [0.1, 0.15) is 11.3 Å². The van der Waals surface area contributed by atoms with Crippen LogP contribution in [0.5, 0.6) is 11.5 Å². The number of halogens is 1. The summed E-state index contributed by atoms with van der Waals surface area (Å²) in [7, 11) is 0. The van der Waals surface area contributed by atoms with Crippen molar-refractivity contribution in [2.75, 3.05) is 13.2 Å². The molecular formula is C20H17FO4. The lowest BCUT2D eigenvalue weighted by molar-refractivity contribution is 0.0482. The number of hydrogen-bond acceptors (Lipinski definition) is 4. The maximum Gasteiger partial charge on any atom is 0.342 e. The van der Waals surface area contributed by atoms with Crippen LogP contribution in [0.3, 0.4) is 0 Å². The Balaban J connectivity index is 1.50. The fourth-order valence-corrected chi connectivity index (χ4v) is 2.49. The molecule has 0 saturated heterocycles. The number of carbonyl (C=O) groups is 1. The average Bonchev–Trinajstić information content (AvgIpc) is 2.63. The standard InChI is InChI=1S/C20H17FO4/c21-17-10-4-9-16(19(17)22)20(23)25-13-5-12-24-18-11-3-7-14-6-1-2-8-15(14)18/h1-4,6-11,22H,5,12-13H2. The molecule has 0 saturated carbocycles. The number of esters is 1. The van der Waals surface area contributed by atoms with Gasteiger partial charge in [-0.1, -0.05) is 42.5 Å². The second-order valence-corrected chi connectivity index (χ2v) is 5.45. The molecule has 0 atom stereocenters. The Kier molecular flexibility index (Phi) is 5.14. The molecule has 0 bridgehead atoms. The van der Waals surface area contributed by atoms with Crippen LogP contribution in [0.4, 0.5) is 4.39 Å². The van der Waals surface area contributed by atoms with E-state index in [4.69, 9.17) is 9.47 Å². The molecule has 3 rings (SSSR count). The minimum absolute atomic E-state index is 0.111. The lowest BCUT2D eigenvalue weighted by Gasteiger charge is -2.10. The molecule has 1 N–H and O–H groups in total. The molecular weight excluding hydrogens is 323 g/mol. The van der Waals surface area contributed by atoms with Crippen molar-refractivity contribution in [3.63, 3.8) is 0 Å². The van der Waals surface area contributed by atoms with Gasteiger partial charge < -0.3 is 14.6 Å². The molecule has 0 spiro atoms. The highest BCUT2D eigenvalue weighted by atomic mass is 19.1. The molecule has 0 aromatic heterocycles. The topological polar surface area (TPSA) is 55.8 Å². The Morgan fingerprint density at radius 3 is 2.60 bits per heavy atom. The third kappa shape index (κ3) is 3.88. The summed E-state index contributed by atoms with van der Waals surface area (Å²) in [5.74, 6) is -1.54. The van der Waals surface area contributed by atoms with Gasteiger partial charge in [-0.15, -0.1) is 0 Å². The van der Waals surface area contributed by atoms with Crippen molar-refractivity contribution in [1.29, 1.82) is 0 Å². The quantitative estimate of drug-likeness (QED) is 0.537. The number of para-hydroxylation sites is 1. The summed E-state index contributed by atoms with van der Waals surface area (Å²) in [5.41, 5.74) is -0.185. The van der Waals surface area contributed by atoms with Crippen molar-refractivity contribution in [3.05, 3.63) is 72.0 Å². The third-order valence-electron chi connectivity index (χ3n) is 3.74. The molecule has 0 unspecified atom stereocenters. The van der Waals surface area contributed by atoms with Crippen LogP contribution in [0.1, 0.15) is 16.8 Å². The SMILES string of the molecule is O=C(OCCCOc1cccc2ccccc12)c1cccc(F)c1O. The van der Waals surface area contributed by atoms with E-state index in [0.717, 1.165) is 22.6 Å². The van der Waals surface area contributed by atoms with E-state index in [-0.39, 0.29) is 12.2 Å². The van der Waals surface area contributed by atoms with Gasteiger partial charge in [0.05, 0.1) is 13.2 Å². The number of phenolic OH excluding ortho intramolecular Hbond substituents is 1. The number of hydrogen-bond donors (Lipinski definition) is 1. The van der Waals surface area contributed by atoms with Crippen LogP contribution in [0.15, 0.2) is 60.7 Å². The maximum atomic E-state index is 13.2. The van der Waals surface area contributed by atoms with Crippen LogP contribution >= 0.6 is 0 Å². The summed E-state index contributed by atoms with van der Waals surface area (Å²) < 4.78 is 24.0. The molecule has 0 aliphatic carbocycles. The first-order valence-electron chi connectivity index (χ1n) is 7.92. The third-order valence-corrected chi connectivity index (χ3v) is 3.74. The van der Waals surface area contributed by atoms with Crippen LogP contribution in [0.2, 0.25) is 0 Å². The maximum absolute atomic E-state index is 13.2. The molecule has 0 aliphatic heterocycles. The van der Waals surface area contributed by atoms with Crippen molar-refractivity contribution in [3.8, 4) is 11.5 Å². The molecule has 0 aliphatic rings. The van der Waals surface area contributed by atoms with Crippen LogP contribution < -0.4 is 4.74 Å². The van der Waals surface area contributed by atoms with Gasteiger partial charge in [0.15, 0.2) is 11.6 Å². The van der Waals surface area contributed by atoms with Gasteiger partial charge >= 0.3 is 5.97 Å². The highest BCUT2D eigenvalue weighted by molar-refractivity contribution is 5.92. The Morgan fingerprint density at radius 1 is 0.960 bits per heavy atom. The highest BCUT2D eigenvalue weighted by Crippen LogP contribution is 2.25. The summed E-state index contributed by atoms with van der Waals surface area (Å²) in [6.07, 6.45) is 0.477. The van der Waals surface area contributed by atoms with Crippen molar-refractivity contribution in [2.24, 2.45) is 0 Å². The van der Waals surface area contributed by atoms with Crippen LogP contribution in [-0.2, 0) is 4.74 Å². The summed E-state index contributed by atoms with van der Waals surface area (Å²) in [6, 6.07) is 17.5. The normalized spacial score (nSPS) is 10.6. The lowest BCUT2D eigenvalue weighted by Crippen LogP contribution is -2.10. The van der Waals surface area contributed by atoms with Crippen LogP contribution in [0, 0.1) is 5.82 Å². The largest absolute Gasteiger partial charge is 0.504 e. The number of ether oxygens (including phenoxy) is 2. The first-order chi connectivity index (χ1) is 12.2. The molecule has 25 heavy (non-hydrogen) atoms. The van der Waals surface area contributed by atoms with E-state index in [2.05, 4.69) is 0 Å². The van der Waals surface area contributed by atoms with Crippen LogP contribution in [-0.4, -0.2) is 24.3 Å². The van der Waals surface area contributed by atoms with E-state index in [1.54, 1.807) is 0 Å². The summed E-state index contributed by atoms with van der Waals surface area (Å²) in [4.78, 5) is 11.8. The van der Waals surface area contributed by atoms with E-state index in [0.29, 0.717) is 13.0 Å². The summed E-state index contributed by atoms with van der Waals surface area (Å²) in [5, 5.41) is 11.6. The monoisotopic (exact) mass is 340 g/mol. The lowest BCUT2D eigenvalue weighted by atomic mass is 10.1. The van der Waals surface area contributed by atoms with Crippen LogP contribution in [0.25, 0.3) is 10.8 Å². The Labute approximate surface area is 144 Å². The van der Waals surface area contributed by atoms with Crippen molar-refractivity contribution < 1.29 is 23.8 Å². The zero-order chi connectivity index (χ0) is 17.6. The molecule has 3 aromatic rings. The molecule has 5 heteroatoms. The summed E-state index contributed by atoms with van der Waals surface area (Å²) in [6.45, 7) is 0.482. The second kappa shape index (κ2) is 7.66. The number of phenols is 1. The zero-order valence-electron chi connectivity index (χ0n) is 13.4. The van der Waals surface area contributed by atoms with Gasteiger partial charge in [-0.05, 0) is 23.6 Å². The number of benzene rings is 3. The van der Waals surface area contributed by atoms with Gasteiger partial charge in [-0.3, -0.25) is 0 Å². The summed E-state index contributed by atoms with van der Waals surface area (Å²) >= 11 is 0. The van der Waals surface area contributed by atoms with Gasteiger partial charge in [0, 0.05) is 11.8 Å². The molecule has 0 amide bonds. The number of aromatic hydroxyl groups is 1. The Bertz CT molecular complexity index is 887. The van der Waals surface area contributed by atoms with Crippen molar-refractivity contribution in [2.45, 2.75) is 6.42 Å². The minimum Gasteiger partial charge on any atom is -0.504 e. The fraction of sp³-hybridized carbons (Fsp3) is 0.150.